The predicted molar refractivity (Wildman–Crippen MR) is 56.8 cm³/mol. The smallest absolute Gasteiger partial charge is 0.257 e. The lowest BCUT2D eigenvalue weighted by Crippen LogP contribution is -2.52. The van der Waals surface area contributed by atoms with Gasteiger partial charge in [0.1, 0.15) is 5.76 Å². The van der Waals surface area contributed by atoms with E-state index < -0.39 is 0 Å². The van der Waals surface area contributed by atoms with E-state index in [2.05, 4.69) is 12.2 Å². The molecule has 0 radical (unpaired) electrons. The predicted octanol–water partition coefficient (Wildman–Crippen LogP) is 1.02. The zero-order chi connectivity index (χ0) is 10.8. The molecule has 1 amide bonds. The molecule has 1 aliphatic heterocycles. The van der Waals surface area contributed by atoms with Crippen molar-refractivity contribution in [1.29, 1.82) is 0 Å². The lowest BCUT2D eigenvalue weighted by Gasteiger charge is -2.33. The Bertz CT molecular complexity index is 359. The van der Waals surface area contributed by atoms with E-state index in [9.17, 15) is 4.79 Å². The van der Waals surface area contributed by atoms with Gasteiger partial charge in [-0.3, -0.25) is 4.79 Å². The summed E-state index contributed by atoms with van der Waals surface area (Å²) in [5.41, 5.74) is 0.684. The first-order valence-electron chi connectivity index (χ1n) is 5.26. The quantitative estimate of drug-likeness (QED) is 0.749. The molecule has 0 bridgehead atoms. The molecule has 2 rings (SSSR count). The molecule has 0 aromatic carbocycles. The van der Waals surface area contributed by atoms with Gasteiger partial charge in [-0.15, -0.1) is 0 Å². The molecular formula is C11H16N2O2. The van der Waals surface area contributed by atoms with Gasteiger partial charge in [-0.05, 0) is 19.9 Å². The SMILES string of the molecule is Cc1occc1C(=O)N1CCNC[C@@H]1C. The van der Waals surface area contributed by atoms with Gasteiger partial charge < -0.3 is 14.6 Å². The number of aryl methyl sites for hydroxylation is 1. The van der Waals surface area contributed by atoms with Crippen molar-refractivity contribution in [2.75, 3.05) is 19.6 Å². The molecule has 1 aliphatic rings. The van der Waals surface area contributed by atoms with Crippen LogP contribution in [0.2, 0.25) is 0 Å². The Morgan fingerprint density at radius 1 is 1.67 bits per heavy atom. The number of hydrogen-bond donors (Lipinski definition) is 1. The van der Waals surface area contributed by atoms with E-state index >= 15 is 0 Å². The van der Waals surface area contributed by atoms with E-state index in [4.69, 9.17) is 4.42 Å². The van der Waals surface area contributed by atoms with Gasteiger partial charge in [0.25, 0.3) is 5.91 Å². The summed E-state index contributed by atoms with van der Waals surface area (Å²) in [6.07, 6.45) is 1.56. The Hall–Kier alpha value is -1.29. The Morgan fingerprint density at radius 2 is 2.47 bits per heavy atom. The molecule has 1 aromatic heterocycles. The van der Waals surface area contributed by atoms with Gasteiger partial charge in [-0.1, -0.05) is 0 Å². The highest BCUT2D eigenvalue weighted by Gasteiger charge is 2.25. The van der Waals surface area contributed by atoms with E-state index in [0.717, 1.165) is 19.6 Å². The first-order chi connectivity index (χ1) is 7.20. The molecule has 4 nitrogen and oxygen atoms in total. The maximum Gasteiger partial charge on any atom is 0.257 e. The molecule has 1 saturated heterocycles. The van der Waals surface area contributed by atoms with Gasteiger partial charge in [0.05, 0.1) is 11.8 Å². The Balaban J connectivity index is 2.17. The molecule has 4 heteroatoms. The van der Waals surface area contributed by atoms with Gasteiger partial charge in [0.15, 0.2) is 0 Å². The number of rotatable bonds is 1. The van der Waals surface area contributed by atoms with Crippen LogP contribution in [-0.4, -0.2) is 36.5 Å². The third-order valence-electron chi connectivity index (χ3n) is 2.85. The van der Waals surface area contributed by atoms with Crippen LogP contribution in [-0.2, 0) is 0 Å². The third kappa shape index (κ3) is 1.90. The highest BCUT2D eigenvalue weighted by Crippen LogP contribution is 2.14. The minimum atomic E-state index is 0.0789. The minimum absolute atomic E-state index is 0.0789. The molecule has 1 fully saturated rings. The first-order valence-corrected chi connectivity index (χ1v) is 5.26. The van der Waals surface area contributed by atoms with E-state index in [1.165, 1.54) is 0 Å². The average molecular weight is 208 g/mol. The van der Waals surface area contributed by atoms with Crippen molar-refractivity contribution in [2.45, 2.75) is 19.9 Å². The topological polar surface area (TPSA) is 45.5 Å². The van der Waals surface area contributed by atoms with Crippen molar-refractivity contribution in [3.05, 3.63) is 23.7 Å². The standard InChI is InChI=1S/C11H16N2O2/c1-8-7-12-4-5-13(8)11(14)10-3-6-15-9(10)2/h3,6,8,12H,4-5,7H2,1-2H3/t8-/m0/s1. The molecule has 1 atom stereocenters. The number of carbonyl (C=O) groups excluding carboxylic acids is 1. The van der Waals surface area contributed by atoms with Crippen LogP contribution >= 0.6 is 0 Å². The van der Waals surface area contributed by atoms with Gasteiger partial charge >= 0.3 is 0 Å². The van der Waals surface area contributed by atoms with Crippen LogP contribution in [0.4, 0.5) is 0 Å². The van der Waals surface area contributed by atoms with Gasteiger partial charge in [-0.2, -0.15) is 0 Å². The number of piperazine rings is 1. The Morgan fingerprint density at radius 3 is 3.07 bits per heavy atom. The van der Waals surface area contributed by atoms with Crippen LogP contribution in [0.1, 0.15) is 23.0 Å². The summed E-state index contributed by atoms with van der Waals surface area (Å²) in [5.74, 6) is 0.779. The van der Waals surface area contributed by atoms with E-state index in [-0.39, 0.29) is 11.9 Å². The van der Waals surface area contributed by atoms with Crippen LogP contribution in [0.5, 0.6) is 0 Å². The fourth-order valence-corrected chi connectivity index (χ4v) is 1.90. The lowest BCUT2D eigenvalue weighted by molar-refractivity contribution is 0.0654. The second-order valence-corrected chi connectivity index (χ2v) is 3.94. The van der Waals surface area contributed by atoms with Gasteiger partial charge in [-0.25, -0.2) is 0 Å². The largest absolute Gasteiger partial charge is 0.469 e. The lowest BCUT2D eigenvalue weighted by atomic mass is 10.1. The number of nitrogens with one attached hydrogen (secondary N) is 1. The van der Waals surface area contributed by atoms with Crippen molar-refractivity contribution in [3.63, 3.8) is 0 Å². The molecule has 15 heavy (non-hydrogen) atoms. The zero-order valence-electron chi connectivity index (χ0n) is 9.12. The highest BCUT2D eigenvalue weighted by molar-refractivity contribution is 5.95. The van der Waals surface area contributed by atoms with Gasteiger partial charge in [0, 0.05) is 25.7 Å². The van der Waals surface area contributed by atoms with Crippen molar-refractivity contribution in [3.8, 4) is 0 Å². The fourth-order valence-electron chi connectivity index (χ4n) is 1.90. The fraction of sp³-hybridized carbons (Fsp3) is 0.545. The number of carbonyl (C=O) groups is 1. The van der Waals surface area contributed by atoms with Crippen molar-refractivity contribution in [2.24, 2.45) is 0 Å². The van der Waals surface area contributed by atoms with E-state index in [1.807, 2.05) is 11.8 Å². The van der Waals surface area contributed by atoms with Crippen LogP contribution in [0, 0.1) is 6.92 Å². The molecule has 0 aliphatic carbocycles. The van der Waals surface area contributed by atoms with Crippen LogP contribution in [0.3, 0.4) is 0 Å². The Labute approximate surface area is 89.2 Å². The maximum atomic E-state index is 12.1. The molecule has 1 N–H and O–H groups in total. The summed E-state index contributed by atoms with van der Waals surface area (Å²) < 4.78 is 5.15. The molecule has 2 heterocycles. The average Bonchev–Trinajstić information content (AvgIpc) is 2.64. The molecule has 1 aromatic rings. The monoisotopic (exact) mass is 208 g/mol. The minimum Gasteiger partial charge on any atom is -0.469 e. The van der Waals surface area contributed by atoms with Crippen LogP contribution in [0.25, 0.3) is 0 Å². The number of amides is 1. The molecule has 0 unspecified atom stereocenters. The van der Waals surface area contributed by atoms with E-state index in [1.54, 1.807) is 12.3 Å². The zero-order valence-corrected chi connectivity index (χ0v) is 9.12. The maximum absolute atomic E-state index is 12.1. The summed E-state index contributed by atoms with van der Waals surface area (Å²) in [5, 5.41) is 3.26. The van der Waals surface area contributed by atoms with Crippen molar-refractivity contribution in [1.82, 2.24) is 10.2 Å². The first kappa shape index (κ1) is 10.2. The summed E-state index contributed by atoms with van der Waals surface area (Å²) in [6, 6.07) is 1.99. The Kier molecular flexibility index (Phi) is 2.77. The summed E-state index contributed by atoms with van der Waals surface area (Å²) in [6.45, 7) is 6.37. The molecule has 0 saturated carbocycles. The summed E-state index contributed by atoms with van der Waals surface area (Å²) >= 11 is 0. The third-order valence-corrected chi connectivity index (χ3v) is 2.85. The molecule has 0 spiro atoms. The van der Waals surface area contributed by atoms with Gasteiger partial charge in [0.2, 0.25) is 0 Å². The number of hydrogen-bond acceptors (Lipinski definition) is 3. The summed E-state index contributed by atoms with van der Waals surface area (Å²) in [7, 11) is 0. The second kappa shape index (κ2) is 4.06. The number of furan rings is 1. The summed E-state index contributed by atoms with van der Waals surface area (Å²) in [4.78, 5) is 14.0. The normalized spacial score (nSPS) is 21.7. The van der Waals surface area contributed by atoms with E-state index in [0.29, 0.717) is 11.3 Å². The molecule has 82 valence electrons. The number of nitrogens with zero attached hydrogens (tertiary/aromatic N) is 1. The second-order valence-electron chi connectivity index (χ2n) is 3.94. The highest BCUT2D eigenvalue weighted by atomic mass is 16.3. The van der Waals surface area contributed by atoms with Crippen molar-refractivity contribution >= 4 is 5.91 Å². The van der Waals surface area contributed by atoms with Crippen LogP contribution < -0.4 is 5.32 Å². The van der Waals surface area contributed by atoms with Crippen molar-refractivity contribution < 1.29 is 9.21 Å². The molecular weight excluding hydrogens is 192 g/mol. The van der Waals surface area contributed by atoms with Crippen LogP contribution in [0.15, 0.2) is 16.7 Å².